The number of esters is 2. The van der Waals surface area contributed by atoms with Gasteiger partial charge in [-0.3, -0.25) is 0 Å². The fourth-order valence-corrected chi connectivity index (χ4v) is 1.59. The van der Waals surface area contributed by atoms with Crippen LogP contribution in [0.15, 0.2) is 54.6 Å². The topological polar surface area (TPSA) is 52.6 Å². The van der Waals surface area contributed by atoms with Crippen molar-refractivity contribution in [3.63, 3.8) is 0 Å². The predicted molar refractivity (Wildman–Crippen MR) is 76.7 cm³/mol. The molecule has 0 aliphatic rings. The molecule has 4 heteroatoms. The van der Waals surface area contributed by atoms with Crippen LogP contribution in [0.3, 0.4) is 0 Å². The molecule has 0 heterocycles. The molecular weight excluding hydrogens is 268 g/mol. The molecule has 21 heavy (non-hydrogen) atoms. The molecule has 0 saturated carbocycles. The number of carbonyl (C=O) groups is 2. The largest absolute Gasteiger partial charge is 0.465 e. The number of methoxy groups -OCH3 is 1. The maximum absolute atomic E-state index is 11.6. The monoisotopic (exact) mass is 280 g/mol. The third-order valence-electron chi connectivity index (χ3n) is 2.55. The summed E-state index contributed by atoms with van der Waals surface area (Å²) in [5, 5.41) is 0. The standard InChI is InChI=1S/C17H12O4/c1-20-17(19)14-7-5-6-13(12-14)10-11-16(18)21-15-8-3-2-4-9-15/h2-9,12H,1H3. The molecule has 0 spiro atoms. The summed E-state index contributed by atoms with van der Waals surface area (Å²) < 4.78 is 9.65. The second-order valence-electron chi connectivity index (χ2n) is 4.02. The molecule has 0 unspecified atom stereocenters. The van der Waals surface area contributed by atoms with Crippen LogP contribution in [-0.4, -0.2) is 19.0 Å². The third-order valence-corrected chi connectivity index (χ3v) is 2.55. The number of hydrogen-bond donors (Lipinski definition) is 0. The van der Waals surface area contributed by atoms with Crippen molar-refractivity contribution in [3.8, 4) is 17.6 Å². The second kappa shape index (κ2) is 6.92. The molecule has 0 aliphatic heterocycles. The van der Waals surface area contributed by atoms with E-state index in [1.807, 2.05) is 6.07 Å². The van der Waals surface area contributed by atoms with Crippen LogP contribution in [0.4, 0.5) is 0 Å². The molecule has 2 aromatic carbocycles. The lowest BCUT2D eigenvalue weighted by Gasteiger charge is -1.99. The van der Waals surface area contributed by atoms with Gasteiger partial charge in [0.1, 0.15) is 5.75 Å². The van der Waals surface area contributed by atoms with E-state index >= 15 is 0 Å². The van der Waals surface area contributed by atoms with Crippen molar-refractivity contribution in [1.29, 1.82) is 0 Å². The van der Waals surface area contributed by atoms with Crippen LogP contribution < -0.4 is 4.74 Å². The van der Waals surface area contributed by atoms with Crippen molar-refractivity contribution in [2.24, 2.45) is 0 Å². The first kappa shape index (κ1) is 14.4. The van der Waals surface area contributed by atoms with E-state index in [0.717, 1.165) is 0 Å². The summed E-state index contributed by atoms with van der Waals surface area (Å²) >= 11 is 0. The van der Waals surface area contributed by atoms with E-state index in [-0.39, 0.29) is 0 Å². The minimum atomic E-state index is -0.662. The van der Waals surface area contributed by atoms with E-state index in [1.165, 1.54) is 7.11 Å². The molecule has 0 radical (unpaired) electrons. The summed E-state index contributed by atoms with van der Waals surface area (Å²) in [6.07, 6.45) is 0. The Morgan fingerprint density at radius 2 is 1.76 bits per heavy atom. The van der Waals surface area contributed by atoms with E-state index < -0.39 is 11.9 Å². The average Bonchev–Trinajstić information content (AvgIpc) is 2.53. The minimum Gasteiger partial charge on any atom is -0.465 e. The normalized spacial score (nSPS) is 9.19. The smallest absolute Gasteiger partial charge is 0.390 e. The van der Waals surface area contributed by atoms with E-state index in [2.05, 4.69) is 16.6 Å². The van der Waals surface area contributed by atoms with Crippen molar-refractivity contribution >= 4 is 11.9 Å². The number of benzene rings is 2. The molecule has 2 rings (SSSR count). The van der Waals surface area contributed by atoms with E-state index in [1.54, 1.807) is 48.5 Å². The van der Waals surface area contributed by atoms with Gasteiger partial charge in [0.2, 0.25) is 0 Å². The van der Waals surface area contributed by atoms with E-state index in [0.29, 0.717) is 16.9 Å². The van der Waals surface area contributed by atoms with E-state index in [9.17, 15) is 9.59 Å². The van der Waals surface area contributed by atoms with Crippen molar-refractivity contribution in [2.75, 3.05) is 7.11 Å². The lowest BCUT2D eigenvalue weighted by atomic mass is 10.1. The van der Waals surface area contributed by atoms with Gasteiger partial charge in [-0.25, -0.2) is 9.59 Å². The Bertz CT molecular complexity index is 708. The zero-order chi connectivity index (χ0) is 15.1. The number of hydrogen-bond acceptors (Lipinski definition) is 4. The molecule has 0 aromatic heterocycles. The summed E-state index contributed by atoms with van der Waals surface area (Å²) in [4.78, 5) is 23.0. The van der Waals surface area contributed by atoms with Gasteiger partial charge in [-0.15, -0.1) is 0 Å². The number of para-hydroxylation sites is 1. The molecule has 0 amide bonds. The molecule has 2 aromatic rings. The highest BCUT2D eigenvalue weighted by molar-refractivity contribution is 5.92. The Hall–Kier alpha value is -3.06. The van der Waals surface area contributed by atoms with Gasteiger partial charge in [0.15, 0.2) is 0 Å². The summed E-state index contributed by atoms with van der Waals surface area (Å²) in [5.41, 5.74) is 0.906. The van der Waals surface area contributed by atoms with Crippen LogP contribution in [0, 0.1) is 11.8 Å². The molecule has 0 bridgehead atoms. The highest BCUT2D eigenvalue weighted by atomic mass is 16.5. The maximum Gasteiger partial charge on any atom is 0.390 e. The summed E-state index contributed by atoms with van der Waals surface area (Å²) in [6, 6.07) is 15.2. The average molecular weight is 280 g/mol. The summed E-state index contributed by atoms with van der Waals surface area (Å²) in [6.45, 7) is 0. The Labute approximate surface area is 122 Å². The zero-order valence-corrected chi connectivity index (χ0v) is 11.3. The summed E-state index contributed by atoms with van der Waals surface area (Å²) in [7, 11) is 1.30. The van der Waals surface area contributed by atoms with Gasteiger partial charge in [0.25, 0.3) is 0 Å². The number of carbonyl (C=O) groups excluding carboxylic acids is 2. The van der Waals surface area contributed by atoms with Crippen molar-refractivity contribution in [3.05, 3.63) is 65.7 Å². The fraction of sp³-hybridized carbons (Fsp3) is 0.0588. The first-order valence-electron chi connectivity index (χ1n) is 6.16. The van der Waals surface area contributed by atoms with Gasteiger partial charge in [-0.1, -0.05) is 30.2 Å². The minimum absolute atomic E-state index is 0.376. The van der Waals surface area contributed by atoms with Crippen LogP contribution >= 0.6 is 0 Å². The lowest BCUT2D eigenvalue weighted by Crippen LogP contribution is -2.04. The number of rotatable bonds is 2. The van der Waals surface area contributed by atoms with Gasteiger partial charge >= 0.3 is 11.9 Å². The molecule has 0 N–H and O–H groups in total. The van der Waals surface area contributed by atoms with Gasteiger partial charge < -0.3 is 9.47 Å². The molecule has 0 fully saturated rings. The predicted octanol–water partition coefficient (Wildman–Crippen LogP) is 2.43. The Balaban J connectivity index is 2.08. The van der Waals surface area contributed by atoms with Crippen molar-refractivity contribution in [2.45, 2.75) is 0 Å². The molecule has 0 saturated heterocycles. The van der Waals surface area contributed by atoms with Crippen LogP contribution in [0.1, 0.15) is 15.9 Å². The molecule has 0 aliphatic carbocycles. The third kappa shape index (κ3) is 4.22. The lowest BCUT2D eigenvalue weighted by molar-refractivity contribution is -0.128. The van der Waals surface area contributed by atoms with Crippen LogP contribution in [0.5, 0.6) is 5.75 Å². The molecular formula is C17H12O4. The fourth-order valence-electron chi connectivity index (χ4n) is 1.59. The summed E-state index contributed by atoms with van der Waals surface area (Å²) in [5.74, 6) is 4.34. The first-order chi connectivity index (χ1) is 10.2. The van der Waals surface area contributed by atoms with Crippen molar-refractivity contribution < 1.29 is 19.1 Å². The van der Waals surface area contributed by atoms with Crippen LogP contribution in [0.25, 0.3) is 0 Å². The number of ether oxygens (including phenoxy) is 2. The quantitative estimate of drug-likeness (QED) is 0.481. The van der Waals surface area contributed by atoms with E-state index in [4.69, 9.17) is 4.74 Å². The van der Waals surface area contributed by atoms with Gasteiger partial charge in [-0.2, -0.15) is 0 Å². The zero-order valence-electron chi connectivity index (χ0n) is 11.3. The first-order valence-corrected chi connectivity index (χ1v) is 6.16. The highest BCUT2D eigenvalue weighted by Gasteiger charge is 2.04. The molecule has 0 atom stereocenters. The van der Waals surface area contributed by atoms with Crippen molar-refractivity contribution in [1.82, 2.24) is 0 Å². The molecule has 104 valence electrons. The molecule has 4 nitrogen and oxygen atoms in total. The maximum atomic E-state index is 11.6. The van der Waals surface area contributed by atoms with Crippen LogP contribution in [-0.2, 0) is 9.53 Å². The second-order valence-corrected chi connectivity index (χ2v) is 4.02. The SMILES string of the molecule is COC(=O)c1cccc(C#CC(=O)Oc2ccccc2)c1. The Kier molecular flexibility index (Phi) is 4.73. The van der Waals surface area contributed by atoms with Gasteiger partial charge in [0.05, 0.1) is 12.7 Å². The van der Waals surface area contributed by atoms with Gasteiger partial charge in [0, 0.05) is 11.5 Å². The Morgan fingerprint density at radius 3 is 2.48 bits per heavy atom. The highest BCUT2D eigenvalue weighted by Crippen LogP contribution is 2.08. The van der Waals surface area contributed by atoms with Crippen LogP contribution in [0.2, 0.25) is 0 Å². The van der Waals surface area contributed by atoms with Gasteiger partial charge in [-0.05, 0) is 30.3 Å². The Morgan fingerprint density at radius 1 is 1.00 bits per heavy atom.